The number of hydrogen-bond donors (Lipinski definition) is 1. The highest BCUT2D eigenvalue weighted by molar-refractivity contribution is 7.22. The number of ether oxygens (including phenoxy) is 1. The molecule has 4 aromatic rings. The second-order valence-corrected chi connectivity index (χ2v) is 9.20. The van der Waals surface area contributed by atoms with Crippen molar-refractivity contribution in [3.8, 4) is 5.75 Å². The first kappa shape index (κ1) is 20.6. The van der Waals surface area contributed by atoms with Crippen molar-refractivity contribution in [2.45, 2.75) is 18.9 Å². The lowest BCUT2D eigenvalue weighted by Crippen LogP contribution is -2.29. The highest BCUT2D eigenvalue weighted by Crippen LogP contribution is 2.44. The van der Waals surface area contributed by atoms with Crippen LogP contribution in [0, 0.1) is 0 Å². The Hall–Kier alpha value is -4.04. The number of anilines is 1. The van der Waals surface area contributed by atoms with Gasteiger partial charge in [0.15, 0.2) is 5.13 Å². The number of aliphatic hydroxyl groups excluding tert-OH is 1. The van der Waals surface area contributed by atoms with Crippen molar-refractivity contribution >= 4 is 44.1 Å². The summed E-state index contributed by atoms with van der Waals surface area (Å²) in [7, 11) is 0. The normalized spacial score (nSPS) is 19.3. The molecule has 2 aliphatic rings. The summed E-state index contributed by atoms with van der Waals surface area (Å²) in [5.41, 5.74) is 2.82. The molecule has 0 aliphatic carbocycles. The van der Waals surface area contributed by atoms with Gasteiger partial charge in [0, 0.05) is 18.0 Å². The summed E-state index contributed by atoms with van der Waals surface area (Å²) in [6, 6.07) is 15.6. The van der Waals surface area contributed by atoms with Gasteiger partial charge in [-0.2, -0.15) is 0 Å². The second-order valence-electron chi connectivity index (χ2n) is 8.19. The molecule has 168 valence electrons. The topological polar surface area (TPSA) is 92.6 Å². The highest BCUT2D eigenvalue weighted by Gasteiger charge is 2.48. The van der Waals surface area contributed by atoms with Crippen molar-refractivity contribution in [3.05, 3.63) is 89.3 Å². The number of fused-ring (bicyclic) bond motifs is 2. The van der Waals surface area contributed by atoms with Crippen LogP contribution in [0.4, 0.5) is 5.13 Å². The molecule has 2 aromatic carbocycles. The molecule has 0 radical (unpaired) electrons. The van der Waals surface area contributed by atoms with E-state index < -0.39 is 17.7 Å². The van der Waals surface area contributed by atoms with Crippen LogP contribution in [0.2, 0.25) is 0 Å². The van der Waals surface area contributed by atoms with E-state index in [1.165, 1.54) is 16.2 Å². The molecular formula is C26H19N3O4S. The van der Waals surface area contributed by atoms with E-state index in [-0.39, 0.29) is 11.3 Å². The first-order valence-corrected chi connectivity index (χ1v) is 11.8. The van der Waals surface area contributed by atoms with Crippen LogP contribution in [-0.4, -0.2) is 33.4 Å². The van der Waals surface area contributed by atoms with Crippen molar-refractivity contribution < 1.29 is 19.4 Å². The molecule has 1 saturated heterocycles. The summed E-state index contributed by atoms with van der Waals surface area (Å²) in [6.07, 6.45) is 4.93. The number of aryl methyl sites for hydroxylation is 1. The third kappa shape index (κ3) is 3.26. The van der Waals surface area contributed by atoms with Crippen molar-refractivity contribution in [2.75, 3.05) is 11.5 Å². The maximum Gasteiger partial charge on any atom is 0.301 e. The third-order valence-electron chi connectivity index (χ3n) is 6.12. The monoisotopic (exact) mass is 469 g/mol. The number of carbonyl (C=O) groups is 2. The van der Waals surface area contributed by atoms with E-state index in [0.29, 0.717) is 22.9 Å². The van der Waals surface area contributed by atoms with Crippen LogP contribution in [0.15, 0.2) is 72.6 Å². The van der Waals surface area contributed by atoms with Crippen molar-refractivity contribution in [1.82, 2.24) is 9.97 Å². The van der Waals surface area contributed by atoms with Crippen LogP contribution in [0.25, 0.3) is 16.0 Å². The Labute approximate surface area is 199 Å². The van der Waals surface area contributed by atoms with Gasteiger partial charge in [0.2, 0.25) is 0 Å². The summed E-state index contributed by atoms with van der Waals surface area (Å²) in [4.78, 5) is 36.8. The summed E-state index contributed by atoms with van der Waals surface area (Å²) >= 11 is 1.33. The molecule has 7 nitrogen and oxygen atoms in total. The molecule has 2 aliphatic heterocycles. The molecule has 8 heteroatoms. The summed E-state index contributed by atoms with van der Waals surface area (Å²) in [5, 5.41) is 11.7. The van der Waals surface area contributed by atoms with E-state index >= 15 is 0 Å². The highest BCUT2D eigenvalue weighted by atomic mass is 32.1. The molecule has 34 heavy (non-hydrogen) atoms. The average molecular weight is 470 g/mol. The van der Waals surface area contributed by atoms with E-state index in [4.69, 9.17) is 4.74 Å². The number of ketones is 1. The van der Waals surface area contributed by atoms with Crippen LogP contribution in [-0.2, 0) is 16.0 Å². The Bertz CT molecular complexity index is 1440. The number of para-hydroxylation sites is 1. The van der Waals surface area contributed by atoms with Crippen LogP contribution in [0.1, 0.15) is 29.2 Å². The number of benzene rings is 2. The number of Topliss-reactive ketones (excluding diaryl/α,β-unsaturated/α-hetero) is 1. The van der Waals surface area contributed by atoms with Gasteiger partial charge in [0.05, 0.1) is 28.4 Å². The number of thiazole rings is 1. The minimum Gasteiger partial charge on any atom is -0.507 e. The quantitative estimate of drug-likeness (QED) is 0.267. The minimum atomic E-state index is -0.846. The van der Waals surface area contributed by atoms with Crippen LogP contribution < -0.4 is 9.64 Å². The minimum absolute atomic E-state index is 0.0222. The first-order chi connectivity index (χ1) is 16.6. The summed E-state index contributed by atoms with van der Waals surface area (Å²) in [6.45, 7) is 0.659. The zero-order valence-electron chi connectivity index (χ0n) is 18.0. The molecule has 0 saturated carbocycles. The molecule has 0 bridgehead atoms. The molecule has 1 atom stereocenters. The number of rotatable bonds is 3. The van der Waals surface area contributed by atoms with Gasteiger partial charge in [-0.25, -0.2) is 4.98 Å². The van der Waals surface area contributed by atoms with Crippen molar-refractivity contribution in [3.63, 3.8) is 0 Å². The fourth-order valence-electron chi connectivity index (χ4n) is 4.51. The number of aliphatic hydroxyl groups is 1. The van der Waals surface area contributed by atoms with Crippen LogP contribution in [0.3, 0.4) is 0 Å². The molecule has 4 heterocycles. The molecule has 1 amide bonds. The van der Waals surface area contributed by atoms with Gasteiger partial charge in [-0.15, -0.1) is 0 Å². The maximum absolute atomic E-state index is 13.3. The zero-order valence-corrected chi connectivity index (χ0v) is 18.8. The molecule has 1 unspecified atom stereocenters. The van der Waals surface area contributed by atoms with Gasteiger partial charge < -0.3 is 9.84 Å². The van der Waals surface area contributed by atoms with E-state index in [9.17, 15) is 14.7 Å². The molecule has 2 aromatic heterocycles. The Morgan fingerprint density at radius 2 is 2.00 bits per heavy atom. The SMILES string of the molecule is O=C1C(=O)N(c2nc3ccccc3s2)C(c2cccnc2)/C1=C(\O)c1ccc2c(c1)CCCO2. The predicted molar refractivity (Wildman–Crippen MR) is 129 cm³/mol. The second kappa shape index (κ2) is 8.07. The Morgan fingerprint density at radius 3 is 2.82 bits per heavy atom. The Kier molecular flexibility index (Phi) is 4.88. The number of aromatic nitrogens is 2. The van der Waals surface area contributed by atoms with Gasteiger partial charge in [-0.1, -0.05) is 29.5 Å². The molecule has 0 spiro atoms. The fourth-order valence-corrected chi connectivity index (χ4v) is 5.50. The predicted octanol–water partition coefficient (Wildman–Crippen LogP) is 4.64. The fraction of sp³-hybridized carbons (Fsp3) is 0.154. The van der Waals surface area contributed by atoms with E-state index in [0.717, 1.165) is 34.4 Å². The lowest BCUT2D eigenvalue weighted by atomic mass is 9.95. The number of nitrogens with zero attached hydrogens (tertiary/aromatic N) is 3. The van der Waals surface area contributed by atoms with E-state index in [1.807, 2.05) is 30.3 Å². The molecule has 1 N–H and O–H groups in total. The van der Waals surface area contributed by atoms with Gasteiger partial charge in [0.25, 0.3) is 5.78 Å². The number of pyridine rings is 1. The average Bonchev–Trinajstić information content (AvgIpc) is 3.42. The molecule has 6 rings (SSSR count). The molecular weight excluding hydrogens is 450 g/mol. The van der Waals surface area contributed by atoms with Gasteiger partial charge in [-0.05, 0) is 60.4 Å². The lowest BCUT2D eigenvalue weighted by Gasteiger charge is -2.23. The van der Waals surface area contributed by atoms with Gasteiger partial charge >= 0.3 is 5.91 Å². The van der Waals surface area contributed by atoms with Crippen LogP contribution >= 0.6 is 11.3 Å². The van der Waals surface area contributed by atoms with Gasteiger partial charge in [0.1, 0.15) is 11.5 Å². The smallest absolute Gasteiger partial charge is 0.301 e. The van der Waals surface area contributed by atoms with Gasteiger partial charge in [-0.3, -0.25) is 19.5 Å². The van der Waals surface area contributed by atoms with Crippen molar-refractivity contribution in [2.24, 2.45) is 0 Å². The summed E-state index contributed by atoms with van der Waals surface area (Å²) in [5.74, 6) is -0.916. The van der Waals surface area contributed by atoms with E-state index in [1.54, 1.807) is 36.7 Å². The van der Waals surface area contributed by atoms with E-state index in [2.05, 4.69) is 9.97 Å². The number of hydrogen-bond acceptors (Lipinski definition) is 7. The Balaban J connectivity index is 1.53. The third-order valence-corrected chi connectivity index (χ3v) is 7.15. The lowest BCUT2D eigenvalue weighted by molar-refractivity contribution is -0.132. The number of amides is 1. The number of carbonyl (C=O) groups excluding carboxylic acids is 2. The summed E-state index contributed by atoms with van der Waals surface area (Å²) < 4.78 is 6.58. The maximum atomic E-state index is 13.3. The Morgan fingerprint density at radius 1 is 1.12 bits per heavy atom. The molecule has 1 fully saturated rings. The van der Waals surface area contributed by atoms with Crippen molar-refractivity contribution in [1.29, 1.82) is 0 Å². The zero-order chi connectivity index (χ0) is 23.2. The standard InChI is InChI=1S/C26H19N3O4S/c30-23(16-9-10-19-15(13-16)6-4-12-33-19)21-22(17-5-3-11-27-14-17)29(25(32)24(21)31)26-28-18-7-1-2-8-20(18)34-26/h1-3,5,7-11,13-14,22,30H,4,6,12H2/b23-21+. The van der Waals surface area contributed by atoms with Crippen LogP contribution in [0.5, 0.6) is 5.75 Å². The largest absolute Gasteiger partial charge is 0.507 e. The first-order valence-electron chi connectivity index (χ1n) is 10.9.